The molecule has 2 aromatic heterocycles. The Morgan fingerprint density at radius 3 is 3.00 bits per heavy atom. The number of benzene rings is 1. The van der Waals surface area contributed by atoms with Crippen LogP contribution in [-0.4, -0.2) is 9.61 Å². The van der Waals surface area contributed by atoms with Crippen molar-refractivity contribution in [1.82, 2.24) is 9.61 Å². The Labute approximate surface area is 128 Å². The number of nitrogens with zero attached hydrogens (tertiary/aromatic N) is 2. The fourth-order valence-corrected chi connectivity index (χ4v) is 2.98. The highest BCUT2D eigenvalue weighted by atomic mass is 79.9. The molecule has 3 aromatic rings. The number of rotatable bonds is 3. The average molecular weight is 355 g/mol. The second kappa shape index (κ2) is 5.42. The van der Waals surface area contributed by atoms with Crippen molar-refractivity contribution in [2.45, 2.75) is 6.54 Å². The lowest BCUT2D eigenvalue weighted by Gasteiger charge is -2.10. The third-order valence-electron chi connectivity index (χ3n) is 2.97. The van der Waals surface area contributed by atoms with Crippen LogP contribution in [0.4, 0.5) is 10.1 Å². The molecule has 0 saturated carbocycles. The molecule has 6 heteroatoms. The van der Waals surface area contributed by atoms with Crippen molar-refractivity contribution in [3.05, 3.63) is 63.6 Å². The van der Waals surface area contributed by atoms with E-state index in [1.807, 2.05) is 24.4 Å². The maximum absolute atomic E-state index is 13.2. The van der Waals surface area contributed by atoms with Gasteiger partial charge in [0, 0.05) is 22.8 Å². The van der Waals surface area contributed by atoms with Crippen LogP contribution in [0.25, 0.3) is 5.52 Å². The smallest absolute Gasteiger partial charge is 0.125 e. The van der Waals surface area contributed by atoms with Crippen molar-refractivity contribution in [2.24, 2.45) is 0 Å². The topological polar surface area (TPSA) is 29.3 Å². The van der Waals surface area contributed by atoms with Gasteiger partial charge < -0.3 is 5.32 Å². The first-order chi connectivity index (χ1) is 9.65. The molecule has 0 aliphatic carbocycles. The van der Waals surface area contributed by atoms with Crippen LogP contribution in [-0.2, 0) is 6.54 Å². The van der Waals surface area contributed by atoms with E-state index in [1.165, 1.54) is 12.1 Å². The molecule has 0 atom stereocenters. The maximum Gasteiger partial charge on any atom is 0.125 e. The fraction of sp³-hybridized carbons (Fsp3) is 0.0714. The van der Waals surface area contributed by atoms with E-state index >= 15 is 0 Å². The molecule has 0 fully saturated rings. The third kappa shape index (κ3) is 2.51. The molecule has 0 bridgehead atoms. The predicted molar refractivity (Wildman–Crippen MR) is 81.6 cm³/mol. The minimum absolute atomic E-state index is 0.341. The van der Waals surface area contributed by atoms with Crippen molar-refractivity contribution in [3.63, 3.8) is 0 Å². The van der Waals surface area contributed by atoms with Crippen LogP contribution in [0.1, 0.15) is 5.56 Å². The minimum Gasteiger partial charge on any atom is -0.379 e. The van der Waals surface area contributed by atoms with Gasteiger partial charge in [-0.1, -0.05) is 17.7 Å². The molecule has 0 radical (unpaired) electrons. The van der Waals surface area contributed by atoms with Crippen LogP contribution in [0.3, 0.4) is 0 Å². The summed E-state index contributed by atoms with van der Waals surface area (Å²) in [5.41, 5.74) is 2.73. The van der Waals surface area contributed by atoms with Crippen LogP contribution in [0.5, 0.6) is 0 Å². The van der Waals surface area contributed by atoms with Gasteiger partial charge in [0.25, 0.3) is 0 Å². The van der Waals surface area contributed by atoms with Crippen molar-refractivity contribution in [2.75, 3.05) is 5.32 Å². The van der Waals surface area contributed by atoms with Gasteiger partial charge in [-0.2, -0.15) is 5.10 Å². The van der Waals surface area contributed by atoms with E-state index in [1.54, 1.807) is 10.7 Å². The van der Waals surface area contributed by atoms with Crippen molar-refractivity contribution in [3.8, 4) is 0 Å². The molecular formula is C14H10BrClFN3. The first kappa shape index (κ1) is 13.4. The molecule has 2 heterocycles. The molecule has 0 aliphatic rings. The third-order valence-corrected chi connectivity index (χ3v) is 3.89. The van der Waals surface area contributed by atoms with Gasteiger partial charge in [0.05, 0.1) is 22.4 Å². The van der Waals surface area contributed by atoms with Gasteiger partial charge in [-0.15, -0.1) is 0 Å². The van der Waals surface area contributed by atoms with E-state index in [0.717, 1.165) is 11.1 Å². The minimum atomic E-state index is -0.372. The molecule has 0 amide bonds. The Kier molecular flexibility index (Phi) is 3.63. The highest BCUT2D eigenvalue weighted by Crippen LogP contribution is 2.32. The Morgan fingerprint density at radius 2 is 2.20 bits per heavy atom. The normalized spacial score (nSPS) is 10.9. The van der Waals surface area contributed by atoms with E-state index < -0.39 is 0 Å². The Bertz CT molecular complexity index is 749. The zero-order chi connectivity index (χ0) is 14.1. The summed E-state index contributed by atoms with van der Waals surface area (Å²) < 4.78 is 15.6. The monoisotopic (exact) mass is 353 g/mol. The lowest BCUT2D eigenvalue weighted by atomic mass is 10.2. The van der Waals surface area contributed by atoms with E-state index in [0.29, 0.717) is 21.7 Å². The largest absolute Gasteiger partial charge is 0.379 e. The summed E-state index contributed by atoms with van der Waals surface area (Å²) in [4.78, 5) is 0. The van der Waals surface area contributed by atoms with Crippen molar-refractivity contribution < 1.29 is 4.39 Å². The average Bonchev–Trinajstić information content (AvgIpc) is 2.81. The van der Waals surface area contributed by atoms with E-state index in [9.17, 15) is 4.39 Å². The number of hydrogen-bond acceptors (Lipinski definition) is 2. The number of aromatic nitrogens is 2. The summed E-state index contributed by atoms with van der Waals surface area (Å²) in [6, 6.07) is 8.53. The van der Waals surface area contributed by atoms with Crippen molar-refractivity contribution in [1.29, 1.82) is 0 Å². The van der Waals surface area contributed by atoms with Crippen LogP contribution in [0.15, 0.2) is 47.2 Å². The molecule has 102 valence electrons. The van der Waals surface area contributed by atoms with E-state index in [2.05, 4.69) is 26.3 Å². The zero-order valence-corrected chi connectivity index (χ0v) is 12.6. The van der Waals surface area contributed by atoms with Gasteiger partial charge in [0.15, 0.2) is 0 Å². The number of pyridine rings is 1. The highest BCUT2D eigenvalue weighted by Gasteiger charge is 2.09. The van der Waals surface area contributed by atoms with Crippen LogP contribution < -0.4 is 5.32 Å². The first-order valence-corrected chi connectivity index (χ1v) is 7.12. The molecule has 0 spiro atoms. The summed E-state index contributed by atoms with van der Waals surface area (Å²) >= 11 is 9.34. The second-order valence-corrected chi connectivity index (χ2v) is 5.56. The van der Waals surface area contributed by atoms with Crippen LogP contribution in [0.2, 0.25) is 5.02 Å². The second-order valence-electron chi connectivity index (χ2n) is 4.30. The molecule has 3 nitrogen and oxygen atoms in total. The first-order valence-electron chi connectivity index (χ1n) is 5.95. The molecule has 0 aliphatic heterocycles. The molecule has 1 N–H and O–H groups in total. The fourth-order valence-electron chi connectivity index (χ4n) is 2.02. The lowest BCUT2D eigenvalue weighted by molar-refractivity contribution is 0.627. The van der Waals surface area contributed by atoms with Gasteiger partial charge in [-0.25, -0.2) is 8.91 Å². The van der Waals surface area contributed by atoms with Crippen LogP contribution >= 0.6 is 27.5 Å². The van der Waals surface area contributed by atoms with E-state index in [4.69, 9.17) is 11.6 Å². The molecule has 1 aromatic carbocycles. The summed E-state index contributed by atoms with van der Waals surface area (Å²) in [6.07, 6.45) is 3.69. The summed E-state index contributed by atoms with van der Waals surface area (Å²) in [6.45, 7) is 0.553. The summed E-state index contributed by atoms with van der Waals surface area (Å²) in [5.74, 6) is -0.372. The van der Waals surface area contributed by atoms with Gasteiger partial charge in [-0.05, 0) is 40.2 Å². The number of nitrogens with one attached hydrogen (secondary N) is 1. The Balaban J connectivity index is 1.87. The lowest BCUT2D eigenvalue weighted by Crippen LogP contribution is -2.01. The van der Waals surface area contributed by atoms with Gasteiger partial charge in [-0.3, -0.25) is 0 Å². The molecule has 0 saturated heterocycles. The quantitative estimate of drug-likeness (QED) is 0.750. The van der Waals surface area contributed by atoms with Crippen molar-refractivity contribution >= 4 is 38.7 Å². The summed E-state index contributed by atoms with van der Waals surface area (Å²) in [7, 11) is 0. The predicted octanol–water partition coefficient (Wildman–Crippen LogP) is 4.50. The molecule has 3 rings (SSSR count). The number of halogens is 3. The van der Waals surface area contributed by atoms with Gasteiger partial charge in [0.1, 0.15) is 5.82 Å². The molecule has 20 heavy (non-hydrogen) atoms. The standard InChI is InChI=1S/C14H10BrClFN3/c15-11-5-10(17)6-12(16)14(11)18-7-9-8-19-20-4-2-1-3-13(9)20/h1-6,8,18H,7H2. The van der Waals surface area contributed by atoms with Gasteiger partial charge >= 0.3 is 0 Å². The number of fused-ring (bicyclic) bond motifs is 1. The molecular weight excluding hydrogens is 345 g/mol. The highest BCUT2D eigenvalue weighted by molar-refractivity contribution is 9.10. The Hall–Kier alpha value is -1.59. The SMILES string of the molecule is Fc1cc(Cl)c(NCc2cnn3ccccc23)c(Br)c1. The van der Waals surface area contributed by atoms with E-state index in [-0.39, 0.29) is 5.82 Å². The maximum atomic E-state index is 13.2. The van der Waals surface area contributed by atoms with Crippen LogP contribution in [0, 0.1) is 5.82 Å². The molecule has 0 unspecified atom stereocenters. The summed E-state index contributed by atoms with van der Waals surface area (Å²) in [5, 5.41) is 7.81. The number of hydrogen-bond donors (Lipinski definition) is 1. The van der Waals surface area contributed by atoms with Gasteiger partial charge in [0.2, 0.25) is 0 Å². The Morgan fingerprint density at radius 1 is 1.35 bits per heavy atom. The zero-order valence-electron chi connectivity index (χ0n) is 10.3. The number of anilines is 1.